The molecule has 0 aromatic heterocycles. The summed E-state index contributed by atoms with van der Waals surface area (Å²) in [6.07, 6.45) is 0.255. The van der Waals surface area contributed by atoms with Gasteiger partial charge < -0.3 is 10.2 Å². The maximum atomic E-state index is 9.60. The SMILES string of the molecule is CCSSC(O)(O)Cc1ccccc1. The second-order valence-electron chi connectivity index (χ2n) is 2.90. The Morgan fingerprint density at radius 2 is 1.86 bits per heavy atom. The third-order valence-corrected chi connectivity index (χ3v) is 4.21. The zero-order valence-electron chi connectivity index (χ0n) is 8.01. The first kappa shape index (κ1) is 11.9. The van der Waals surface area contributed by atoms with Gasteiger partial charge in [0.2, 0.25) is 5.12 Å². The molecule has 4 heteroatoms. The zero-order chi connectivity index (χ0) is 10.4. The van der Waals surface area contributed by atoms with Gasteiger partial charge in [-0.1, -0.05) is 48.0 Å². The molecule has 2 nitrogen and oxygen atoms in total. The molecular formula is C10H14O2S2. The predicted octanol–water partition coefficient (Wildman–Crippen LogP) is 2.27. The normalized spacial score (nSPS) is 11.6. The van der Waals surface area contributed by atoms with Gasteiger partial charge in [0.1, 0.15) is 0 Å². The molecule has 0 atom stereocenters. The molecule has 14 heavy (non-hydrogen) atoms. The highest BCUT2D eigenvalue weighted by Crippen LogP contribution is 2.34. The van der Waals surface area contributed by atoms with Gasteiger partial charge in [0.25, 0.3) is 0 Å². The summed E-state index contributed by atoms with van der Waals surface area (Å²) in [7, 11) is 2.55. The zero-order valence-corrected chi connectivity index (χ0v) is 9.64. The van der Waals surface area contributed by atoms with Crippen LogP contribution in [0.3, 0.4) is 0 Å². The summed E-state index contributed by atoms with van der Waals surface area (Å²) in [5, 5.41) is 17.5. The van der Waals surface area contributed by atoms with Crippen molar-refractivity contribution in [2.45, 2.75) is 18.5 Å². The molecule has 78 valence electrons. The first-order chi connectivity index (χ1) is 6.64. The first-order valence-electron chi connectivity index (χ1n) is 4.43. The molecule has 0 aliphatic rings. The molecule has 0 bridgehead atoms. The van der Waals surface area contributed by atoms with Gasteiger partial charge in [-0.05, 0) is 16.4 Å². The van der Waals surface area contributed by atoms with Crippen molar-refractivity contribution in [3.8, 4) is 0 Å². The maximum absolute atomic E-state index is 9.60. The Kier molecular flexibility index (Phi) is 4.81. The fourth-order valence-electron chi connectivity index (χ4n) is 1.04. The van der Waals surface area contributed by atoms with Crippen LogP contribution >= 0.6 is 21.6 Å². The van der Waals surface area contributed by atoms with Crippen molar-refractivity contribution in [1.29, 1.82) is 0 Å². The topological polar surface area (TPSA) is 40.5 Å². The summed E-state index contributed by atoms with van der Waals surface area (Å²) >= 11 is 0. The molecule has 2 N–H and O–H groups in total. The fraction of sp³-hybridized carbons (Fsp3) is 0.400. The van der Waals surface area contributed by atoms with Crippen LogP contribution in [0.5, 0.6) is 0 Å². The van der Waals surface area contributed by atoms with Crippen molar-refractivity contribution in [2.24, 2.45) is 0 Å². The highest BCUT2D eigenvalue weighted by atomic mass is 33.1. The molecule has 0 spiro atoms. The Morgan fingerprint density at radius 1 is 1.21 bits per heavy atom. The molecular weight excluding hydrogens is 216 g/mol. The van der Waals surface area contributed by atoms with Gasteiger partial charge in [-0.2, -0.15) is 0 Å². The molecule has 0 radical (unpaired) electrons. The van der Waals surface area contributed by atoms with Crippen LogP contribution in [0.15, 0.2) is 30.3 Å². The van der Waals surface area contributed by atoms with Gasteiger partial charge in [0.05, 0.1) is 0 Å². The van der Waals surface area contributed by atoms with Crippen LogP contribution in [-0.2, 0) is 6.42 Å². The number of hydrogen-bond acceptors (Lipinski definition) is 4. The molecule has 0 saturated heterocycles. The van der Waals surface area contributed by atoms with E-state index < -0.39 is 5.12 Å². The molecule has 0 aliphatic carbocycles. The molecule has 1 aromatic carbocycles. The molecule has 0 saturated carbocycles. The van der Waals surface area contributed by atoms with Crippen LogP contribution in [-0.4, -0.2) is 21.1 Å². The van der Waals surface area contributed by atoms with Crippen LogP contribution < -0.4 is 0 Å². The Labute approximate surface area is 92.1 Å². The van der Waals surface area contributed by atoms with Crippen LogP contribution in [0.1, 0.15) is 12.5 Å². The maximum Gasteiger partial charge on any atom is 0.227 e. The molecule has 0 amide bonds. The molecule has 1 aromatic rings. The van der Waals surface area contributed by atoms with Gasteiger partial charge in [0, 0.05) is 12.2 Å². The largest absolute Gasteiger partial charge is 0.356 e. The fourth-order valence-corrected chi connectivity index (χ4v) is 2.67. The van der Waals surface area contributed by atoms with E-state index in [0.717, 1.165) is 22.1 Å². The lowest BCUT2D eigenvalue weighted by atomic mass is 10.1. The van der Waals surface area contributed by atoms with Gasteiger partial charge in [0.15, 0.2) is 0 Å². The number of hydrogen-bond donors (Lipinski definition) is 2. The Bertz CT molecular complexity index is 262. The minimum atomic E-state index is -1.66. The van der Waals surface area contributed by atoms with Crippen molar-refractivity contribution in [3.63, 3.8) is 0 Å². The highest BCUT2D eigenvalue weighted by Gasteiger charge is 2.24. The lowest BCUT2D eigenvalue weighted by Crippen LogP contribution is -2.25. The predicted molar refractivity (Wildman–Crippen MR) is 63.0 cm³/mol. The van der Waals surface area contributed by atoms with Crippen LogP contribution in [0.2, 0.25) is 0 Å². The van der Waals surface area contributed by atoms with E-state index in [2.05, 4.69) is 0 Å². The number of aliphatic hydroxyl groups is 2. The van der Waals surface area contributed by atoms with Crippen molar-refractivity contribution in [1.82, 2.24) is 0 Å². The van der Waals surface area contributed by atoms with Crippen molar-refractivity contribution in [3.05, 3.63) is 35.9 Å². The third-order valence-electron chi connectivity index (χ3n) is 1.59. The summed E-state index contributed by atoms with van der Waals surface area (Å²) in [5.41, 5.74) is 0.932. The number of benzene rings is 1. The van der Waals surface area contributed by atoms with Crippen LogP contribution in [0.25, 0.3) is 0 Å². The second kappa shape index (κ2) is 5.66. The van der Waals surface area contributed by atoms with Crippen molar-refractivity contribution >= 4 is 21.6 Å². The minimum absolute atomic E-state index is 0.255. The van der Waals surface area contributed by atoms with E-state index in [9.17, 15) is 10.2 Å². The summed E-state index contributed by atoms with van der Waals surface area (Å²) in [6, 6.07) is 9.47. The molecule has 0 fully saturated rings. The van der Waals surface area contributed by atoms with E-state index >= 15 is 0 Å². The third kappa shape index (κ3) is 4.37. The lowest BCUT2D eigenvalue weighted by Gasteiger charge is -2.19. The minimum Gasteiger partial charge on any atom is -0.356 e. The molecule has 1 rings (SSSR count). The van der Waals surface area contributed by atoms with Gasteiger partial charge in [-0.25, -0.2) is 0 Å². The molecule has 0 aliphatic heterocycles. The second-order valence-corrected chi connectivity index (χ2v) is 5.74. The molecule has 0 unspecified atom stereocenters. The average molecular weight is 230 g/mol. The summed E-state index contributed by atoms with van der Waals surface area (Å²) in [6.45, 7) is 1.98. The average Bonchev–Trinajstić information content (AvgIpc) is 2.16. The standard InChI is InChI=1S/C10H14O2S2/c1-2-13-14-10(11,12)8-9-6-4-3-5-7-9/h3-7,11-12H,2,8H2,1H3. The van der Waals surface area contributed by atoms with E-state index in [4.69, 9.17) is 0 Å². The van der Waals surface area contributed by atoms with E-state index in [1.807, 2.05) is 37.3 Å². The van der Waals surface area contributed by atoms with Crippen LogP contribution in [0.4, 0.5) is 0 Å². The van der Waals surface area contributed by atoms with Gasteiger partial charge in [-0.15, -0.1) is 0 Å². The Balaban J connectivity index is 2.50. The van der Waals surface area contributed by atoms with E-state index in [1.54, 1.807) is 0 Å². The quantitative estimate of drug-likeness (QED) is 0.601. The summed E-state index contributed by atoms with van der Waals surface area (Å²) in [5.74, 6) is 0.863. The highest BCUT2D eigenvalue weighted by molar-refractivity contribution is 8.77. The monoisotopic (exact) mass is 230 g/mol. The summed E-state index contributed by atoms with van der Waals surface area (Å²) in [4.78, 5) is 0. The van der Waals surface area contributed by atoms with Gasteiger partial charge >= 0.3 is 0 Å². The lowest BCUT2D eigenvalue weighted by molar-refractivity contribution is -0.0729. The van der Waals surface area contributed by atoms with E-state index in [0.29, 0.717) is 0 Å². The Hall–Kier alpha value is -0.160. The molecule has 0 heterocycles. The smallest absolute Gasteiger partial charge is 0.227 e. The van der Waals surface area contributed by atoms with Gasteiger partial charge in [-0.3, -0.25) is 0 Å². The van der Waals surface area contributed by atoms with E-state index in [-0.39, 0.29) is 6.42 Å². The summed E-state index contributed by atoms with van der Waals surface area (Å²) < 4.78 is 0. The van der Waals surface area contributed by atoms with Crippen molar-refractivity contribution in [2.75, 3.05) is 5.75 Å². The Morgan fingerprint density at radius 3 is 2.43 bits per heavy atom. The van der Waals surface area contributed by atoms with Crippen molar-refractivity contribution < 1.29 is 10.2 Å². The number of rotatable bonds is 5. The first-order valence-corrected chi connectivity index (χ1v) is 6.75. The van der Waals surface area contributed by atoms with E-state index in [1.165, 1.54) is 10.8 Å². The van der Waals surface area contributed by atoms with Crippen LogP contribution in [0, 0.1) is 0 Å².